The number of nitrogens with one attached hydrogen (secondary N) is 1. The molecule has 1 fully saturated rings. The maximum absolute atomic E-state index is 13.9. The summed E-state index contributed by atoms with van der Waals surface area (Å²) in [4.78, 5) is 14.3. The van der Waals surface area contributed by atoms with Gasteiger partial charge in [0.2, 0.25) is 5.91 Å². The molecule has 1 aromatic carbocycles. The Labute approximate surface area is 133 Å². The SMILES string of the molecule is C=CCN(Cc1cc(Br)ccc1F)C(=O)C1CCNCC1. The Morgan fingerprint density at radius 1 is 1.48 bits per heavy atom. The third kappa shape index (κ3) is 4.38. The number of rotatable bonds is 5. The van der Waals surface area contributed by atoms with Crippen molar-refractivity contribution in [3.05, 3.63) is 46.7 Å². The van der Waals surface area contributed by atoms with E-state index in [2.05, 4.69) is 27.8 Å². The van der Waals surface area contributed by atoms with Gasteiger partial charge >= 0.3 is 0 Å². The molecule has 21 heavy (non-hydrogen) atoms. The van der Waals surface area contributed by atoms with Crippen molar-refractivity contribution in [1.29, 1.82) is 0 Å². The first-order valence-electron chi connectivity index (χ1n) is 7.16. The topological polar surface area (TPSA) is 32.3 Å². The number of piperidine rings is 1. The summed E-state index contributed by atoms with van der Waals surface area (Å²) >= 11 is 3.34. The lowest BCUT2D eigenvalue weighted by atomic mass is 9.96. The largest absolute Gasteiger partial charge is 0.334 e. The zero-order valence-corrected chi connectivity index (χ0v) is 13.5. The molecule has 1 aliphatic heterocycles. The zero-order chi connectivity index (χ0) is 15.2. The van der Waals surface area contributed by atoms with Crippen molar-refractivity contribution in [3.8, 4) is 0 Å². The number of nitrogens with zero attached hydrogens (tertiary/aromatic N) is 1. The molecule has 0 radical (unpaired) electrons. The van der Waals surface area contributed by atoms with Crippen LogP contribution in [0.2, 0.25) is 0 Å². The van der Waals surface area contributed by atoms with Gasteiger partial charge < -0.3 is 10.2 Å². The second-order valence-corrected chi connectivity index (χ2v) is 6.18. The van der Waals surface area contributed by atoms with Gasteiger partial charge in [0, 0.05) is 29.0 Å². The number of halogens is 2. The van der Waals surface area contributed by atoms with Crippen LogP contribution in [0.4, 0.5) is 4.39 Å². The second kappa shape index (κ2) is 7.71. The molecule has 0 aliphatic carbocycles. The summed E-state index contributed by atoms with van der Waals surface area (Å²) in [5.74, 6) is -0.164. The average molecular weight is 355 g/mol. The Morgan fingerprint density at radius 3 is 2.86 bits per heavy atom. The molecule has 0 aromatic heterocycles. The second-order valence-electron chi connectivity index (χ2n) is 5.27. The highest BCUT2D eigenvalue weighted by Gasteiger charge is 2.25. The number of carbonyl (C=O) groups excluding carboxylic acids is 1. The maximum Gasteiger partial charge on any atom is 0.226 e. The maximum atomic E-state index is 13.9. The molecule has 0 bridgehead atoms. The average Bonchev–Trinajstić information content (AvgIpc) is 2.50. The van der Waals surface area contributed by atoms with Crippen molar-refractivity contribution >= 4 is 21.8 Å². The minimum absolute atomic E-state index is 0.0291. The van der Waals surface area contributed by atoms with Gasteiger partial charge in [-0.15, -0.1) is 6.58 Å². The van der Waals surface area contributed by atoms with E-state index in [0.717, 1.165) is 30.4 Å². The highest BCUT2D eigenvalue weighted by Crippen LogP contribution is 2.20. The molecule has 0 unspecified atom stereocenters. The monoisotopic (exact) mass is 354 g/mol. The summed E-state index contributed by atoms with van der Waals surface area (Å²) in [7, 11) is 0. The van der Waals surface area contributed by atoms with Gasteiger partial charge in [0.15, 0.2) is 0 Å². The summed E-state index contributed by atoms with van der Waals surface area (Å²) < 4.78 is 14.7. The molecule has 1 amide bonds. The molecule has 114 valence electrons. The van der Waals surface area contributed by atoms with Gasteiger partial charge in [-0.3, -0.25) is 4.79 Å². The molecular weight excluding hydrogens is 335 g/mol. The summed E-state index contributed by atoms with van der Waals surface area (Å²) in [6.45, 7) is 6.15. The Balaban J connectivity index is 2.12. The van der Waals surface area contributed by atoms with Crippen LogP contribution >= 0.6 is 15.9 Å². The van der Waals surface area contributed by atoms with Crippen molar-refractivity contribution in [2.45, 2.75) is 19.4 Å². The molecule has 1 saturated heterocycles. The summed E-state index contributed by atoms with van der Waals surface area (Å²) in [5, 5.41) is 3.25. The van der Waals surface area contributed by atoms with Crippen LogP contribution in [-0.2, 0) is 11.3 Å². The third-order valence-corrected chi connectivity index (χ3v) is 4.21. The molecule has 0 saturated carbocycles. The number of benzene rings is 1. The lowest BCUT2D eigenvalue weighted by Crippen LogP contribution is -2.41. The van der Waals surface area contributed by atoms with Crippen LogP contribution in [0, 0.1) is 11.7 Å². The first kappa shape index (κ1) is 16.2. The minimum atomic E-state index is -0.287. The first-order valence-corrected chi connectivity index (χ1v) is 7.95. The van der Waals surface area contributed by atoms with E-state index in [4.69, 9.17) is 0 Å². The highest BCUT2D eigenvalue weighted by atomic mass is 79.9. The summed E-state index contributed by atoms with van der Waals surface area (Å²) in [6, 6.07) is 4.80. The highest BCUT2D eigenvalue weighted by molar-refractivity contribution is 9.10. The quantitative estimate of drug-likeness (QED) is 0.824. The Hall–Kier alpha value is -1.20. The Bertz CT molecular complexity index is 515. The van der Waals surface area contributed by atoms with E-state index in [0.29, 0.717) is 12.1 Å². The molecule has 5 heteroatoms. The minimum Gasteiger partial charge on any atom is -0.334 e. The molecular formula is C16H20BrFN2O. The molecule has 0 atom stereocenters. The first-order chi connectivity index (χ1) is 10.1. The lowest BCUT2D eigenvalue weighted by Gasteiger charge is -2.29. The van der Waals surface area contributed by atoms with Crippen LogP contribution in [0.15, 0.2) is 35.3 Å². The fraction of sp³-hybridized carbons (Fsp3) is 0.438. The zero-order valence-electron chi connectivity index (χ0n) is 11.9. The van der Waals surface area contributed by atoms with E-state index < -0.39 is 0 Å². The van der Waals surface area contributed by atoms with Crippen LogP contribution in [0.25, 0.3) is 0 Å². The van der Waals surface area contributed by atoms with E-state index >= 15 is 0 Å². The smallest absolute Gasteiger partial charge is 0.226 e. The van der Waals surface area contributed by atoms with Crippen molar-refractivity contribution in [2.24, 2.45) is 5.92 Å². The van der Waals surface area contributed by atoms with Gasteiger partial charge in [-0.05, 0) is 44.1 Å². The molecule has 1 aliphatic rings. The van der Waals surface area contributed by atoms with Gasteiger partial charge in [0.05, 0.1) is 0 Å². The van der Waals surface area contributed by atoms with Gasteiger partial charge in [-0.1, -0.05) is 22.0 Å². The number of hydrogen-bond acceptors (Lipinski definition) is 2. The van der Waals surface area contributed by atoms with E-state index in [1.807, 2.05) is 0 Å². The van der Waals surface area contributed by atoms with Crippen LogP contribution in [0.5, 0.6) is 0 Å². The van der Waals surface area contributed by atoms with E-state index in [9.17, 15) is 9.18 Å². The van der Waals surface area contributed by atoms with Gasteiger partial charge in [-0.2, -0.15) is 0 Å². The molecule has 2 rings (SSSR count). The van der Waals surface area contributed by atoms with Crippen LogP contribution in [-0.4, -0.2) is 30.4 Å². The molecule has 1 aromatic rings. The van der Waals surface area contributed by atoms with Crippen LogP contribution < -0.4 is 5.32 Å². The fourth-order valence-electron chi connectivity index (χ4n) is 2.59. The Kier molecular flexibility index (Phi) is 5.94. The van der Waals surface area contributed by atoms with Crippen molar-refractivity contribution in [2.75, 3.05) is 19.6 Å². The molecule has 0 spiro atoms. The third-order valence-electron chi connectivity index (χ3n) is 3.72. The molecule has 1 heterocycles. The predicted molar refractivity (Wildman–Crippen MR) is 85.3 cm³/mol. The van der Waals surface area contributed by atoms with Crippen molar-refractivity contribution < 1.29 is 9.18 Å². The molecule has 1 N–H and O–H groups in total. The van der Waals surface area contributed by atoms with E-state index in [1.165, 1.54) is 6.07 Å². The van der Waals surface area contributed by atoms with Gasteiger partial charge in [-0.25, -0.2) is 4.39 Å². The molecule has 3 nitrogen and oxygen atoms in total. The Morgan fingerprint density at radius 2 is 2.19 bits per heavy atom. The van der Waals surface area contributed by atoms with Crippen LogP contribution in [0.1, 0.15) is 18.4 Å². The summed E-state index contributed by atoms with van der Waals surface area (Å²) in [6.07, 6.45) is 3.37. The van der Waals surface area contributed by atoms with Gasteiger partial charge in [0.25, 0.3) is 0 Å². The number of hydrogen-bond donors (Lipinski definition) is 1. The predicted octanol–water partition coefficient (Wildman–Crippen LogP) is 3.10. The van der Waals surface area contributed by atoms with Crippen LogP contribution in [0.3, 0.4) is 0 Å². The fourth-order valence-corrected chi connectivity index (χ4v) is 2.99. The number of carbonyl (C=O) groups is 1. The number of amides is 1. The van der Waals surface area contributed by atoms with Crippen molar-refractivity contribution in [1.82, 2.24) is 10.2 Å². The lowest BCUT2D eigenvalue weighted by molar-refractivity contribution is -0.136. The van der Waals surface area contributed by atoms with E-state index in [-0.39, 0.29) is 24.2 Å². The van der Waals surface area contributed by atoms with Crippen molar-refractivity contribution in [3.63, 3.8) is 0 Å². The van der Waals surface area contributed by atoms with E-state index in [1.54, 1.807) is 23.1 Å². The normalized spacial score (nSPS) is 15.7. The summed E-state index contributed by atoms with van der Waals surface area (Å²) in [5.41, 5.74) is 0.522. The van der Waals surface area contributed by atoms with Gasteiger partial charge in [0.1, 0.15) is 5.82 Å². The standard InChI is InChI=1S/C16H20BrFN2O/c1-2-9-20(16(21)12-5-7-19-8-6-12)11-13-10-14(17)3-4-15(13)18/h2-4,10,12,19H,1,5-9,11H2.